The first kappa shape index (κ1) is 10.4. The molecule has 0 radical (unpaired) electrons. The summed E-state index contributed by atoms with van der Waals surface area (Å²) in [5.41, 5.74) is 0. The second-order valence-electron chi connectivity index (χ2n) is 3.15. The molecule has 1 aliphatic heterocycles. The molecule has 0 bridgehead atoms. The van der Waals surface area contributed by atoms with Gasteiger partial charge >= 0.3 is 5.97 Å². The number of carbonyl (C=O) groups excluding carboxylic acids is 1. The van der Waals surface area contributed by atoms with E-state index in [1.54, 1.807) is 4.90 Å². The number of esters is 1. The average molecular weight is 189 g/mol. The minimum absolute atomic E-state index is 0.0137. The number of β-amino-alcohol motifs (C(OH)–C–C–N with tert-alkyl or cyclic N) is 2. The summed E-state index contributed by atoms with van der Waals surface area (Å²) in [6.07, 6.45) is -0.0946. The highest BCUT2D eigenvalue weighted by atomic mass is 16.5. The van der Waals surface area contributed by atoms with Crippen LogP contribution in [0.5, 0.6) is 0 Å². The van der Waals surface area contributed by atoms with Crippen LogP contribution in [-0.4, -0.2) is 60.0 Å². The molecule has 0 amide bonds. The van der Waals surface area contributed by atoms with E-state index in [0.717, 1.165) is 0 Å². The minimum atomic E-state index is -0.490. The van der Waals surface area contributed by atoms with Gasteiger partial charge in [-0.05, 0) is 0 Å². The Balaban J connectivity index is 2.55. The summed E-state index contributed by atoms with van der Waals surface area (Å²) < 4.78 is 4.59. The van der Waals surface area contributed by atoms with E-state index in [1.165, 1.54) is 7.11 Å². The van der Waals surface area contributed by atoms with E-state index in [4.69, 9.17) is 5.11 Å². The highest BCUT2D eigenvalue weighted by Crippen LogP contribution is 2.18. The van der Waals surface area contributed by atoms with E-state index in [2.05, 4.69) is 4.74 Å². The lowest BCUT2D eigenvalue weighted by molar-refractivity contribution is -0.146. The normalized spacial score (nSPS) is 29.2. The summed E-state index contributed by atoms with van der Waals surface area (Å²) in [5, 5.41) is 18.0. The van der Waals surface area contributed by atoms with Gasteiger partial charge in [0.1, 0.15) is 6.04 Å². The number of hydrogen-bond donors (Lipinski definition) is 2. The molecule has 1 fully saturated rings. The zero-order valence-electron chi connectivity index (χ0n) is 7.64. The summed E-state index contributed by atoms with van der Waals surface area (Å²) in [4.78, 5) is 12.9. The number of carbonyl (C=O) groups is 1. The number of likely N-dealkylation sites (tertiary alicyclic amines) is 1. The van der Waals surface area contributed by atoms with E-state index in [1.807, 2.05) is 0 Å². The van der Waals surface area contributed by atoms with Gasteiger partial charge in [0.15, 0.2) is 0 Å². The van der Waals surface area contributed by atoms with Crippen LogP contribution in [0.1, 0.15) is 6.42 Å². The zero-order valence-corrected chi connectivity index (χ0v) is 7.64. The summed E-state index contributed by atoms with van der Waals surface area (Å²) in [7, 11) is 1.32. The first-order chi connectivity index (χ1) is 6.19. The van der Waals surface area contributed by atoms with Gasteiger partial charge in [0, 0.05) is 19.5 Å². The molecule has 76 valence electrons. The van der Waals surface area contributed by atoms with E-state index in [9.17, 15) is 9.90 Å². The van der Waals surface area contributed by atoms with E-state index in [0.29, 0.717) is 19.5 Å². The molecule has 2 N–H and O–H groups in total. The molecular formula is C8H15NO4. The van der Waals surface area contributed by atoms with Crippen molar-refractivity contribution in [3.8, 4) is 0 Å². The van der Waals surface area contributed by atoms with Crippen LogP contribution in [0.3, 0.4) is 0 Å². The maximum Gasteiger partial charge on any atom is 0.323 e. The molecule has 2 unspecified atom stereocenters. The molecule has 0 saturated carbocycles. The summed E-state index contributed by atoms with van der Waals surface area (Å²) >= 11 is 0. The van der Waals surface area contributed by atoms with Crippen LogP contribution in [0.15, 0.2) is 0 Å². The standard InChI is InChI=1S/C8H15NO4/c1-13-8(12)7-4-6(11)5-9(7)2-3-10/h6-7,10-11H,2-5H2,1H3. The Morgan fingerprint density at radius 1 is 1.69 bits per heavy atom. The third-order valence-electron chi connectivity index (χ3n) is 2.24. The second kappa shape index (κ2) is 4.55. The van der Waals surface area contributed by atoms with Gasteiger partial charge in [0.25, 0.3) is 0 Å². The first-order valence-electron chi connectivity index (χ1n) is 4.29. The van der Waals surface area contributed by atoms with E-state index >= 15 is 0 Å². The molecule has 0 aromatic rings. The third kappa shape index (κ3) is 2.40. The van der Waals surface area contributed by atoms with Crippen LogP contribution in [0.2, 0.25) is 0 Å². The fourth-order valence-corrected chi connectivity index (χ4v) is 1.64. The topological polar surface area (TPSA) is 70.0 Å². The van der Waals surface area contributed by atoms with Crippen molar-refractivity contribution in [2.24, 2.45) is 0 Å². The molecule has 5 nitrogen and oxygen atoms in total. The Kier molecular flexibility index (Phi) is 3.65. The molecule has 1 rings (SSSR count). The van der Waals surface area contributed by atoms with Crippen molar-refractivity contribution < 1.29 is 19.7 Å². The lowest BCUT2D eigenvalue weighted by Gasteiger charge is -2.20. The predicted molar refractivity (Wildman–Crippen MR) is 45.1 cm³/mol. The molecule has 13 heavy (non-hydrogen) atoms. The largest absolute Gasteiger partial charge is 0.468 e. The van der Waals surface area contributed by atoms with Crippen molar-refractivity contribution in [3.63, 3.8) is 0 Å². The molecular weight excluding hydrogens is 174 g/mol. The van der Waals surface area contributed by atoms with Gasteiger partial charge in [0.05, 0.1) is 19.8 Å². The van der Waals surface area contributed by atoms with Gasteiger partial charge < -0.3 is 14.9 Å². The highest BCUT2D eigenvalue weighted by Gasteiger charge is 2.35. The Morgan fingerprint density at radius 2 is 2.38 bits per heavy atom. The van der Waals surface area contributed by atoms with Crippen LogP contribution in [-0.2, 0) is 9.53 Å². The Labute approximate surface area is 76.9 Å². The van der Waals surface area contributed by atoms with E-state index in [-0.39, 0.29) is 12.6 Å². The fourth-order valence-electron chi connectivity index (χ4n) is 1.64. The van der Waals surface area contributed by atoms with E-state index < -0.39 is 12.1 Å². The van der Waals surface area contributed by atoms with Crippen molar-refractivity contribution >= 4 is 5.97 Å². The lowest BCUT2D eigenvalue weighted by Crippen LogP contribution is -2.38. The van der Waals surface area contributed by atoms with Crippen LogP contribution in [0.25, 0.3) is 0 Å². The third-order valence-corrected chi connectivity index (χ3v) is 2.24. The van der Waals surface area contributed by atoms with Gasteiger partial charge in [-0.15, -0.1) is 0 Å². The Hall–Kier alpha value is -0.650. The minimum Gasteiger partial charge on any atom is -0.468 e. The molecule has 1 aliphatic rings. The maximum atomic E-state index is 11.2. The smallest absolute Gasteiger partial charge is 0.323 e. The summed E-state index contributed by atoms with van der Waals surface area (Å²) in [6.45, 7) is 0.817. The molecule has 0 aromatic carbocycles. The SMILES string of the molecule is COC(=O)C1CC(O)CN1CCO. The number of aliphatic hydroxyl groups is 2. The monoisotopic (exact) mass is 189 g/mol. The van der Waals surface area contributed by atoms with Gasteiger partial charge in [-0.25, -0.2) is 0 Å². The van der Waals surface area contributed by atoms with Gasteiger partial charge in [-0.2, -0.15) is 0 Å². The summed E-state index contributed by atoms with van der Waals surface area (Å²) in [6, 6.07) is -0.396. The molecule has 2 atom stereocenters. The number of rotatable bonds is 3. The molecule has 1 saturated heterocycles. The Morgan fingerprint density at radius 3 is 2.92 bits per heavy atom. The van der Waals surface area contributed by atoms with Crippen molar-refractivity contribution in [2.75, 3.05) is 26.8 Å². The number of ether oxygens (including phenoxy) is 1. The number of methoxy groups -OCH3 is 1. The Bertz CT molecular complexity index is 185. The maximum absolute atomic E-state index is 11.2. The van der Waals surface area contributed by atoms with Crippen LogP contribution in [0, 0.1) is 0 Å². The van der Waals surface area contributed by atoms with Crippen LogP contribution < -0.4 is 0 Å². The zero-order chi connectivity index (χ0) is 9.84. The molecule has 0 spiro atoms. The fraction of sp³-hybridized carbons (Fsp3) is 0.875. The highest BCUT2D eigenvalue weighted by molar-refractivity contribution is 5.76. The van der Waals surface area contributed by atoms with Gasteiger partial charge in [0.2, 0.25) is 0 Å². The molecule has 0 aliphatic carbocycles. The molecule has 0 aromatic heterocycles. The van der Waals surface area contributed by atoms with Gasteiger partial charge in [-0.1, -0.05) is 0 Å². The van der Waals surface area contributed by atoms with Crippen molar-refractivity contribution in [1.82, 2.24) is 4.90 Å². The van der Waals surface area contributed by atoms with Gasteiger partial charge in [-0.3, -0.25) is 9.69 Å². The first-order valence-corrected chi connectivity index (χ1v) is 4.29. The van der Waals surface area contributed by atoms with Crippen molar-refractivity contribution in [3.05, 3.63) is 0 Å². The van der Waals surface area contributed by atoms with Crippen LogP contribution >= 0.6 is 0 Å². The number of aliphatic hydroxyl groups excluding tert-OH is 2. The lowest BCUT2D eigenvalue weighted by atomic mass is 10.2. The molecule has 1 heterocycles. The predicted octanol–water partition coefficient (Wildman–Crippen LogP) is -1.41. The average Bonchev–Trinajstić information content (AvgIpc) is 2.46. The van der Waals surface area contributed by atoms with Crippen molar-refractivity contribution in [1.29, 1.82) is 0 Å². The summed E-state index contributed by atoms with van der Waals surface area (Å²) in [5.74, 6) is -0.343. The quantitative estimate of drug-likeness (QED) is 0.534. The second-order valence-corrected chi connectivity index (χ2v) is 3.15. The number of nitrogens with zero attached hydrogens (tertiary/aromatic N) is 1. The molecule has 5 heteroatoms. The van der Waals surface area contributed by atoms with Crippen molar-refractivity contribution in [2.45, 2.75) is 18.6 Å². The number of hydrogen-bond acceptors (Lipinski definition) is 5. The van der Waals surface area contributed by atoms with Crippen LogP contribution in [0.4, 0.5) is 0 Å².